The van der Waals surface area contributed by atoms with E-state index in [1.165, 1.54) is 16.4 Å². The van der Waals surface area contributed by atoms with Crippen LogP contribution in [0.25, 0.3) is 0 Å². The van der Waals surface area contributed by atoms with Gasteiger partial charge in [-0.05, 0) is 42.7 Å². The normalized spacial score (nSPS) is 17.0. The SMILES string of the molecule is O=C(CN(Cc1ccc(Br)cc1)S(=O)(=O)c1ccccc1)NC[C@@H]1CCCO1. The van der Waals surface area contributed by atoms with Crippen molar-refractivity contribution in [3.63, 3.8) is 0 Å². The van der Waals surface area contributed by atoms with Crippen molar-refractivity contribution in [3.8, 4) is 0 Å². The van der Waals surface area contributed by atoms with Crippen LogP contribution in [0.5, 0.6) is 0 Å². The molecule has 0 unspecified atom stereocenters. The van der Waals surface area contributed by atoms with Gasteiger partial charge in [-0.1, -0.05) is 46.3 Å². The summed E-state index contributed by atoms with van der Waals surface area (Å²) in [6.45, 7) is 0.965. The summed E-state index contributed by atoms with van der Waals surface area (Å²) in [5, 5.41) is 2.80. The maximum atomic E-state index is 13.1. The van der Waals surface area contributed by atoms with E-state index in [0.29, 0.717) is 13.2 Å². The summed E-state index contributed by atoms with van der Waals surface area (Å²) >= 11 is 3.37. The zero-order valence-electron chi connectivity index (χ0n) is 15.4. The van der Waals surface area contributed by atoms with Crippen LogP contribution in [0.4, 0.5) is 0 Å². The van der Waals surface area contributed by atoms with Crippen molar-refractivity contribution in [2.75, 3.05) is 19.7 Å². The summed E-state index contributed by atoms with van der Waals surface area (Å²) in [5.74, 6) is -0.341. The van der Waals surface area contributed by atoms with Crippen molar-refractivity contribution in [3.05, 3.63) is 64.6 Å². The van der Waals surface area contributed by atoms with Gasteiger partial charge in [-0.15, -0.1) is 0 Å². The van der Waals surface area contributed by atoms with Gasteiger partial charge < -0.3 is 10.1 Å². The van der Waals surface area contributed by atoms with Crippen molar-refractivity contribution in [1.29, 1.82) is 0 Å². The Labute approximate surface area is 174 Å². The van der Waals surface area contributed by atoms with Gasteiger partial charge in [0.2, 0.25) is 15.9 Å². The number of sulfonamides is 1. The minimum atomic E-state index is -3.81. The van der Waals surface area contributed by atoms with E-state index in [1.54, 1.807) is 18.2 Å². The molecule has 6 nitrogen and oxygen atoms in total. The first-order chi connectivity index (χ1) is 13.4. The van der Waals surface area contributed by atoms with Crippen LogP contribution in [-0.2, 0) is 26.1 Å². The van der Waals surface area contributed by atoms with Crippen molar-refractivity contribution in [2.24, 2.45) is 0 Å². The summed E-state index contributed by atoms with van der Waals surface area (Å²) in [5.41, 5.74) is 0.801. The first kappa shape index (κ1) is 21.0. The summed E-state index contributed by atoms with van der Waals surface area (Å²) in [6.07, 6.45) is 1.90. The molecular weight excluding hydrogens is 444 g/mol. The van der Waals surface area contributed by atoms with Gasteiger partial charge in [0.25, 0.3) is 0 Å². The molecule has 1 saturated heterocycles. The van der Waals surface area contributed by atoms with E-state index in [4.69, 9.17) is 4.74 Å². The second-order valence-corrected chi connectivity index (χ2v) is 9.51. The highest BCUT2D eigenvalue weighted by Crippen LogP contribution is 2.19. The monoisotopic (exact) mass is 466 g/mol. The Hall–Kier alpha value is -1.74. The van der Waals surface area contributed by atoms with E-state index < -0.39 is 10.0 Å². The lowest BCUT2D eigenvalue weighted by atomic mass is 10.2. The van der Waals surface area contributed by atoms with Crippen LogP contribution < -0.4 is 5.32 Å². The molecule has 28 heavy (non-hydrogen) atoms. The lowest BCUT2D eigenvalue weighted by Crippen LogP contribution is -2.42. The van der Waals surface area contributed by atoms with Gasteiger partial charge in [0.15, 0.2) is 0 Å². The van der Waals surface area contributed by atoms with Gasteiger partial charge >= 0.3 is 0 Å². The summed E-state index contributed by atoms with van der Waals surface area (Å²) < 4.78 is 33.8. The number of rotatable bonds is 8. The van der Waals surface area contributed by atoms with Crippen molar-refractivity contribution < 1.29 is 17.9 Å². The average molecular weight is 467 g/mol. The summed E-state index contributed by atoms with van der Waals surface area (Å²) in [4.78, 5) is 12.6. The molecule has 0 aromatic heterocycles. The molecule has 8 heteroatoms. The predicted molar refractivity (Wildman–Crippen MR) is 110 cm³/mol. The van der Waals surface area contributed by atoms with Crippen LogP contribution in [0.2, 0.25) is 0 Å². The molecule has 150 valence electrons. The molecule has 1 fully saturated rings. The van der Waals surface area contributed by atoms with Crippen molar-refractivity contribution >= 4 is 31.9 Å². The van der Waals surface area contributed by atoms with Crippen LogP contribution in [0.3, 0.4) is 0 Å². The number of hydrogen-bond acceptors (Lipinski definition) is 4. The second-order valence-electron chi connectivity index (χ2n) is 6.65. The molecule has 1 amide bonds. The van der Waals surface area contributed by atoms with Gasteiger partial charge in [0.1, 0.15) is 0 Å². The topological polar surface area (TPSA) is 75.7 Å². The lowest BCUT2D eigenvalue weighted by molar-refractivity contribution is -0.121. The van der Waals surface area contributed by atoms with E-state index >= 15 is 0 Å². The highest BCUT2D eigenvalue weighted by atomic mass is 79.9. The number of ether oxygens (including phenoxy) is 1. The zero-order valence-corrected chi connectivity index (χ0v) is 17.8. The van der Waals surface area contributed by atoms with Crippen LogP contribution in [0.1, 0.15) is 18.4 Å². The molecule has 1 N–H and O–H groups in total. The molecule has 3 rings (SSSR count). The number of nitrogens with zero attached hydrogens (tertiary/aromatic N) is 1. The van der Waals surface area contributed by atoms with Gasteiger partial charge in [0, 0.05) is 24.2 Å². The largest absolute Gasteiger partial charge is 0.376 e. The van der Waals surface area contributed by atoms with E-state index in [-0.39, 0.29) is 30.0 Å². The van der Waals surface area contributed by atoms with E-state index in [9.17, 15) is 13.2 Å². The number of carbonyl (C=O) groups excluding carboxylic acids is 1. The number of nitrogens with one attached hydrogen (secondary N) is 1. The molecule has 0 bridgehead atoms. The maximum absolute atomic E-state index is 13.1. The van der Waals surface area contributed by atoms with E-state index in [1.807, 2.05) is 24.3 Å². The first-order valence-electron chi connectivity index (χ1n) is 9.13. The Morgan fingerprint density at radius 3 is 2.50 bits per heavy atom. The van der Waals surface area contributed by atoms with Crippen LogP contribution in [-0.4, -0.2) is 44.4 Å². The molecule has 2 aromatic carbocycles. The van der Waals surface area contributed by atoms with Gasteiger partial charge in [-0.3, -0.25) is 4.79 Å². The third kappa shape index (κ3) is 5.64. The Bertz CT molecular complexity index is 882. The minimum absolute atomic E-state index is 0.00889. The minimum Gasteiger partial charge on any atom is -0.376 e. The molecule has 0 radical (unpaired) electrons. The maximum Gasteiger partial charge on any atom is 0.243 e. The Kier molecular flexibility index (Phi) is 7.23. The fraction of sp³-hybridized carbons (Fsp3) is 0.350. The Morgan fingerprint density at radius 1 is 1.14 bits per heavy atom. The number of carbonyl (C=O) groups is 1. The smallest absolute Gasteiger partial charge is 0.243 e. The summed E-state index contributed by atoms with van der Waals surface area (Å²) in [7, 11) is -3.81. The number of amides is 1. The van der Waals surface area contributed by atoms with E-state index in [0.717, 1.165) is 22.9 Å². The fourth-order valence-electron chi connectivity index (χ4n) is 3.01. The van der Waals surface area contributed by atoms with Crippen molar-refractivity contribution in [2.45, 2.75) is 30.4 Å². The highest BCUT2D eigenvalue weighted by Gasteiger charge is 2.27. The lowest BCUT2D eigenvalue weighted by Gasteiger charge is -2.22. The van der Waals surface area contributed by atoms with Crippen LogP contribution >= 0.6 is 15.9 Å². The van der Waals surface area contributed by atoms with E-state index in [2.05, 4.69) is 21.2 Å². The molecule has 0 aliphatic carbocycles. The molecule has 1 atom stereocenters. The molecule has 1 aliphatic heterocycles. The molecule has 1 heterocycles. The second kappa shape index (κ2) is 9.65. The van der Waals surface area contributed by atoms with Gasteiger partial charge in [-0.25, -0.2) is 8.42 Å². The molecular formula is C20H23BrN2O4S. The third-order valence-electron chi connectivity index (χ3n) is 4.52. The number of hydrogen-bond donors (Lipinski definition) is 1. The predicted octanol–water partition coefficient (Wildman–Crippen LogP) is 2.94. The third-order valence-corrected chi connectivity index (χ3v) is 6.86. The first-order valence-corrected chi connectivity index (χ1v) is 11.4. The van der Waals surface area contributed by atoms with Crippen LogP contribution in [0.15, 0.2) is 64.0 Å². The molecule has 0 saturated carbocycles. The van der Waals surface area contributed by atoms with Crippen molar-refractivity contribution in [1.82, 2.24) is 9.62 Å². The molecule has 2 aromatic rings. The molecule has 1 aliphatic rings. The number of halogens is 1. The van der Waals surface area contributed by atoms with Gasteiger partial charge in [-0.2, -0.15) is 4.31 Å². The quantitative estimate of drug-likeness (QED) is 0.648. The fourth-order valence-corrected chi connectivity index (χ4v) is 4.68. The zero-order chi connectivity index (χ0) is 20.0. The highest BCUT2D eigenvalue weighted by molar-refractivity contribution is 9.10. The summed E-state index contributed by atoms with van der Waals surface area (Å²) in [6, 6.07) is 15.5. The standard InChI is InChI=1S/C20H23BrN2O4S/c21-17-10-8-16(9-11-17)14-23(28(25,26)19-6-2-1-3-7-19)15-20(24)22-13-18-5-4-12-27-18/h1-3,6-11,18H,4-5,12-15H2,(H,22,24)/t18-/m0/s1. The number of benzene rings is 2. The van der Waals surface area contributed by atoms with Gasteiger partial charge in [0.05, 0.1) is 17.5 Å². The van der Waals surface area contributed by atoms with Crippen LogP contribution in [0, 0.1) is 0 Å². The average Bonchev–Trinajstić information content (AvgIpc) is 3.22. The molecule has 0 spiro atoms. The Balaban J connectivity index is 1.75. The Morgan fingerprint density at radius 2 is 1.86 bits per heavy atom.